The minimum atomic E-state index is -0.442. The van der Waals surface area contributed by atoms with Gasteiger partial charge in [0.25, 0.3) is 11.8 Å². The second-order valence-corrected chi connectivity index (χ2v) is 7.22. The van der Waals surface area contributed by atoms with Crippen LogP contribution in [-0.4, -0.2) is 40.3 Å². The SMILES string of the molecule is O=C(CN1C(=O)c2ccc(Br)cc2C1=O)NCCn1ccc2ccccc21. The maximum absolute atomic E-state index is 12.4. The number of aromatic nitrogens is 1. The van der Waals surface area contributed by atoms with Crippen molar-refractivity contribution in [2.45, 2.75) is 6.54 Å². The summed E-state index contributed by atoms with van der Waals surface area (Å²) < 4.78 is 2.77. The molecule has 6 nitrogen and oxygen atoms in total. The monoisotopic (exact) mass is 425 g/mol. The van der Waals surface area contributed by atoms with E-state index in [0.717, 1.165) is 15.8 Å². The van der Waals surface area contributed by atoms with Crippen molar-refractivity contribution in [1.82, 2.24) is 14.8 Å². The lowest BCUT2D eigenvalue weighted by Crippen LogP contribution is -2.41. The number of rotatable bonds is 5. The number of halogens is 1. The first-order chi connectivity index (χ1) is 13.0. The normalized spacial score (nSPS) is 13.3. The summed E-state index contributed by atoms with van der Waals surface area (Å²) in [7, 11) is 0. The smallest absolute Gasteiger partial charge is 0.262 e. The highest BCUT2D eigenvalue weighted by Gasteiger charge is 2.36. The van der Waals surface area contributed by atoms with Gasteiger partial charge in [0, 0.05) is 29.3 Å². The standard InChI is InChI=1S/C20H16BrN3O3/c21-14-5-6-15-16(11-14)20(27)24(19(15)26)12-18(25)22-8-10-23-9-7-13-3-1-2-4-17(13)23/h1-7,9,11H,8,10,12H2,(H,22,25). The van der Waals surface area contributed by atoms with Crippen LogP contribution in [0.1, 0.15) is 20.7 Å². The van der Waals surface area contributed by atoms with Crippen molar-refractivity contribution >= 4 is 44.6 Å². The Balaban J connectivity index is 1.36. The summed E-state index contributed by atoms with van der Waals surface area (Å²) in [6.45, 7) is 0.733. The molecule has 27 heavy (non-hydrogen) atoms. The zero-order valence-electron chi connectivity index (χ0n) is 14.3. The minimum absolute atomic E-state index is 0.281. The van der Waals surface area contributed by atoms with Crippen molar-refractivity contribution in [3.8, 4) is 0 Å². The molecule has 2 aromatic carbocycles. The molecule has 0 fully saturated rings. The van der Waals surface area contributed by atoms with Crippen molar-refractivity contribution in [2.24, 2.45) is 0 Å². The number of hydrogen-bond acceptors (Lipinski definition) is 3. The average Bonchev–Trinajstić information content (AvgIpc) is 3.17. The number of para-hydroxylation sites is 1. The first-order valence-electron chi connectivity index (χ1n) is 8.51. The lowest BCUT2D eigenvalue weighted by Gasteiger charge is -2.14. The summed E-state index contributed by atoms with van der Waals surface area (Å²) in [5.74, 6) is -1.24. The van der Waals surface area contributed by atoms with Gasteiger partial charge in [0.1, 0.15) is 6.54 Å². The lowest BCUT2D eigenvalue weighted by molar-refractivity contribution is -0.121. The van der Waals surface area contributed by atoms with Crippen molar-refractivity contribution in [2.75, 3.05) is 13.1 Å². The van der Waals surface area contributed by atoms with Crippen LogP contribution in [0.25, 0.3) is 10.9 Å². The molecular weight excluding hydrogens is 410 g/mol. The Kier molecular flexibility index (Phi) is 4.53. The molecule has 0 unspecified atom stereocenters. The molecule has 7 heteroatoms. The van der Waals surface area contributed by atoms with E-state index < -0.39 is 11.8 Å². The predicted octanol–water partition coefficient (Wildman–Crippen LogP) is 2.82. The number of carbonyl (C=O) groups excluding carboxylic acids is 3. The number of imide groups is 1. The van der Waals surface area contributed by atoms with Gasteiger partial charge in [-0.3, -0.25) is 19.3 Å². The van der Waals surface area contributed by atoms with E-state index in [4.69, 9.17) is 0 Å². The van der Waals surface area contributed by atoms with Gasteiger partial charge in [-0.1, -0.05) is 34.1 Å². The van der Waals surface area contributed by atoms with Crippen LogP contribution in [0.2, 0.25) is 0 Å². The summed E-state index contributed by atoms with van der Waals surface area (Å²) in [5, 5.41) is 3.92. The molecule has 0 spiro atoms. The molecule has 136 valence electrons. The Hall–Kier alpha value is -2.93. The first-order valence-corrected chi connectivity index (χ1v) is 9.30. The molecule has 3 aromatic rings. The van der Waals surface area contributed by atoms with Gasteiger partial charge in [0.15, 0.2) is 0 Å². The van der Waals surface area contributed by atoms with E-state index in [1.165, 1.54) is 0 Å². The van der Waals surface area contributed by atoms with Crippen molar-refractivity contribution in [3.05, 3.63) is 70.3 Å². The van der Waals surface area contributed by atoms with Crippen molar-refractivity contribution in [3.63, 3.8) is 0 Å². The highest BCUT2D eigenvalue weighted by molar-refractivity contribution is 9.10. The van der Waals surface area contributed by atoms with Gasteiger partial charge in [-0.05, 0) is 35.7 Å². The molecule has 3 amide bonds. The van der Waals surface area contributed by atoms with Gasteiger partial charge in [0.05, 0.1) is 11.1 Å². The Bertz CT molecular complexity index is 1070. The Morgan fingerprint density at radius 3 is 2.63 bits per heavy atom. The molecule has 0 saturated heterocycles. The van der Waals surface area contributed by atoms with Gasteiger partial charge in [-0.2, -0.15) is 0 Å². The topological polar surface area (TPSA) is 71.4 Å². The van der Waals surface area contributed by atoms with Crippen LogP contribution in [0.15, 0.2) is 59.2 Å². The summed E-state index contributed by atoms with van der Waals surface area (Å²) in [6, 6.07) is 14.9. The zero-order valence-corrected chi connectivity index (χ0v) is 15.9. The molecule has 4 rings (SSSR count). The Labute approximate surface area is 163 Å². The largest absolute Gasteiger partial charge is 0.353 e. The van der Waals surface area contributed by atoms with E-state index in [0.29, 0.717) is 28.7 Å². The van der Waals surface area contributed by atoms with Gasteiger partial charge in [-0.25, -0.2) is 0 Å². The van der Waals surface area contributed by atoms with Crippen LogP contribution in [0, 0.1) is 0 Å². The van der Waals surface area contributed by atoms with Gasteiger partial charge in [-0.15, -0.1) is 0 Å². The maximum atomic E-state index is 12.4. The van der Waals surface area contributed by atoms with Crippen LogP contribution in [0.3, 0.4) is 0 Å². The fraction of sp³-hybridized carbons (Fsp3) is 0.150. The summed E-state index contributed by atoms with van der Waals surface area (Å²) >= 11 is 3.29. The number of nitrogens with zero attached hydrogens (tertiary/aromatic N) is 2. The maximum Gasteiger partial charge on any atom is 0.262 e. The van der Waals surface area contributed by atoms with Crippen LogP contribution in [-0.2, 0) is 11.3 Å². The first kappa shape index (κ1) is 17.5. The molecule has 1 aliphatic rings. The quantitative estimate of drug-likeness (QED) is 0.638. The molecule has 0 atom stereocenters. The predicted molar refractivity (Wildman–Crippen MR) is 104 cm³/mol. The van der Waals surface area contributed by atoms with E-state index in [9.17, 15) is 14.4 Å². The van der Waals surface area contributed by atoms with Crippen LogP contribution in [0.4, 0.5) is 0 Å². The molecule has 2 heterocycles. The van der Waals surface area contributed by atoms with Crippen LogP contribution in [0.5, 0.6) is 0 Å². The number of carbonyl (C=O) groups is 3. The number of amides is 3. The second-order valence-electron chi connectivity index (χ2n) is 6.30. The molecule has 1 aromatic heterocycles. The average molecular weight is 426 g/mol. The van der Waals surface area contributed by atoms with Crippen LogP contribution >= 0.6 is 15.9 Å². The van der Waals surface area contributed by atoms with Crippen LogP contribution < -0.4 is 5.32 Å². The van der Waals surface area contributed by atoms with E-state index in [-0.39, 0.29) is 12.5 Å². The van der Waals surface area contributed by atoms with Gasteiger partial charge >= 0.3 is 0 Å². The molecular formula is C20H16BrN3O3. The minimum Gasteiger partial charge on any atom is -0.353 e. The highest BCUT2D eigenvalue weighted by atomic mass is 79.9. The molecule has 1 N–H and O–H groups in total. The summed E-state index contributed by atoms with van der Waals surface area (Å²) in [5.41, 5.74) is 1.74. The number of nitrogens with one attached hydrogen (secondary N) is 1. The number of hydrogen-bond donors (Lipinski definition) is 1. The van der Waals surface area contributed by atoms with E-state index >= 15 is 0 Å². The van der Waals surface area contributed by atoms with E-state index in [1.807, 2.05) is 36.5 Å². The van der Waals surface area contributed by atoms with Gasteiger partial charge in [0.2, 0.25) is 5.91 Å². The highest BCUT2D eigenvalue weighted by Crippen LogP contribution is 2.25. The third-order valence-corrected chi connectivity index (χ3v) is 5.08. The Morgan fingerprint density at radius 1 is 1.00 bits per heavy atom. The van der Waals surface area contributed by atoms with Gasteiger partial charge < -0.3 is 9.88 Å². The second kappa shape index (κ2) is 7.00. The fourth-order valence-corrected chi connectivity index (χ4v) is 3.62. The molecule has 1 aliphatic heterocycles. The molecule has 0 radical (unpaired) electrons. The van der Waals surface area contributed by atoms with Crippen molar-refractivity contribution < 1.29 is 14.4 Å². The number of benzene rings is 2. The molecule has 0 saturated carbocycles. The molecule has 0 bridgehead atoms. The van der Waals surface area contributed by atoms with Crippen molar-refractivity contribution in [1.29, 1.82) is 0 Å². The summed E-state index contributed by atoms with van der Waals surface area (Å²) in [4.78, 5) is 38.0. The summed E-state index contributed by atoms with van der Waals surface area (Å²) in [6.07, 6.45) is 1.97. The Morgan fingerprint density at radius 2 is 1.78 bits per heavy atom. The third kappa shape index (κ3) is 3.26. The van der Waals surface area contributed by atoms with E-state index in [1.54, 1.807) is 18.2 Å². The third-order valence-electron chi connectivity index (χ3n) is 4.59. The van der Waals surface area contributed by atoms with E-state index in [2.05, 4.69) is 25.8 Å². The fourth-order valence-electron chi connectivity index (χ4n) is 3.26. The number of fused-ring (bicyclic) bond motifs is 2. The lowest BCUT2D eigenvalue weighted by atomic mass is 10.1. The molecule has 0 aliphatic carbocycles. The zero-order chi connectivity index (χ0) is 19.0.